The van der Waals surface area contributed by atoms with E-state index in [1.54, 1.807) is 0 Å². The molecule has 1 N–H and O–H groups in total. The highest BCUT2D eigenvalue weighted by atomic mass is 15.3. The first-order chi connectivity index (χ1) is 9.88. The highest BCUT2D eigenvalue weighted by molar-refractivity contribution is 5.30. The van der Waals surface area contributed by atoms with Crippen molar-refractivity contribution in [1.82, 2.24) is 20.2 Å². The molecule has 0 aliphatic carbocycles. The van der Waals surface area contributed by atoms with Gasteiger partial charge in [0.25, 0.3) is 0 Å². The van der Waals surface area contributed by atoms with Crippen LogP contribution in [0, 0.1) is 5.92 Å². The van der Waals surface area contributed by atoms with Crippen molar-refractivity contribution >= 4 is 5.95 Å². The predicted octanol–water partition coefficient (Wildman–Crippen LogP) is 2.00. The Labute approximate surface area is 129 Å². The van der Waals surface area contributed by atoms with Crippen LogP contribution in [0.15, 0.2) is 12.4 Å². The first kappa shape index (κ1) is 17.9. The Morgan fingerprint density at radius 3 is 2.14 bits per heavy atom. The SMILES string of the molecule is CC(C)CN(CCN(C)C)c1ncc(CNC(C)C)cn1. The van der Waals surface area contributed by atoms with E-state index in [0.717, 1.165) is 37.7 Å². The first-order valence-corrected chi connectivity index (χ1v) is 7.82. The second-order valence-electron chi connectivity index (χ2n) is 6.57. The van der Waals surface area contributed by atoms with Gasteiger partial charge in [-0.05, 0) is 20.0 Å². The average molecular weight is 293 g/mol. The van der Waals surface area contributed by atoms with Crippen molar-refractivity contribution in [3.8, 4) is 0 Å². The number of anilines is 1. The van der Waals surface area contributed by atoms with Crippen LogP contribution in [0.4, 0.5) is 5.95 Å². The Kier molecular flexibility index (Phi) is 7.61. The third-order valence-electron chi connectivity index (χ3n) is 3.09. The summed E-state index contributed by atoms with van der Waals surface area (Å²) in [5, 5.41) is 3.38. The van der Waals surface area contributed by atoms with E-state index in [9.17, 15) is 0 Å². The van der Waals surface area contributed by atoms with Gasteiger partial charge in [0.1, 0.15) is 0 Å². The highest BCUT2D eigenvalue weighted by Gasteiger charge is 2.11. The topological polar surface area (TPSA) is 44.3 Å². The molecule has 0 aliphatic heterocycles. The van der Waals surface area contributed by atoms with Crippen molar-refractivity contribution < 1.29 is 0 Å². The molecule has 0 saturated carbocycles. The summed E-state index contributed by atoms with van der Waals surface area (Å²) in [5.41, 5.74) is 1.13. The van der Waals surface area contributed by atoms with Crippen molar-refractivity contribution in [2.24, 2.45) is 5.92 Å². The van der Waals surface area contributed by atoms with Crippen LogP contribution in [0.3, 0.4) is 0 Å². The lowest BCUT2D eigenvalue weighted by Gasteiger charge is -2.26. The number of hydrogen-bond donors (Lipinski definition) is 1. The minimum absolute atomic E-state index is 0.474. The molecule has 0 unspecified atom stereocenters. The van der Waals surface area contributed by atoms with Gasteiger partial charge in [0.2, 0.25) is 5.95 Å². The minimum atomic E-state index is 0.474. The van der Waals surface area contributed by atoms with E-state index in [1.165, 1.54) is 0 Å². The zero-order valence-electron chi connectivity index (χ0n) is 14.4. The fraction of sp³-hybridized carbons (Fsp3) is 0.750. The molecule has 0 radical (unpaired) electrons. The molecule has 5 heteroatoms. The largest absolute Gasteiger partial charge is 0.339 e. The number of nitrogens with zero attached hydrogens (tertiary/aromatic N) is 4. The van der Waals surface area contributed by atoms with Gasteiger partial charge in [0.05, 0.1) is 0 Å². The smallest absolute Gasteiger partial charge is 0.225 e. The summed E-state index contributed by atoms with van der Waals surface area (Å²) in [5.74, 6) is 1.43. The third-order valence-corrected chi connectivity index (χ3v) is 3.09. The normalized spacial score (nSPS) is 11.7. The first-order valence-electron chi connectivity index (χ1n) is 7.82. The maximum Gasteiger partial charge on any atom is 0.225 e. The summed E-state index contributed by atoms with van der Waals surface area (Å²) in [6.07, 6.45) is 3.86. The van der Waals surface area contributed by atoms with Gasteiger partial charge in [-0.2, -0.15) is 0 Å². The predicted molar refractivity (Wildman–Crippen MR) is 89.6 cm³/mol. The standard InChI is InChI=1S/C16H31N5/c1-13(2)12-21(8-7-20(5)6)16-18-10-15(11-19-16)9-17-14(3)4/h10-11,13-14,17H,7-9,12H2,1-6H3. The van der Waals surface area contributed by atoms with E-state index in [1.807, 2.05) is 12.4 Å². The van der Waals surface area contributed by atoms with Gasteiger partial charge >= 0.3 is 0 Å². The Hall–Kier alpha value is -1.20. The van der Waals surface area contributed by atoms with Gasteiger partial charge in [0.15, 0.2) is 0 Å². The average Bonchev–Trinajstić information content (AvgIpc) is 2.41. The fourth-order valence-corrected chi connectivity index (χ4v) is 1.96. The number of nitrogens with one attached hydrogen (secondary N) is 1. The molecule has 0 amide bonds. The number of hydrogen-bond acceptors (Lipinski definition) is 5. The highest BCUT2D eigenvalue weighted by Crippen LogP contribution is 2.10. The van der Waals surface area contributed by atoms with Gasteiger partial charge in [-0.1, -0.05) is 27.7 Å². The van der Waals surface area contributed by atoms with E-state index in [2.05, 4.69) is 66.9 Å². The number of rotatable bonds is 9. The summed E-state index contributed by atoms with van der Waals surface area (Å²) in [6.45, 7) is 12.5. The molecule has 0 aromatic carbocycles. The molecule has 0 spiro atoms. The van der Waals surface area contributed by atoms with E-state index in [0.29, 0.717) is 12.0 Å². The van der Waals surface area contributed by atoms with Gasteiger partial charge in [-0.3, -0.25) is 0 Å². The molecule has 120 valence electrons. The summed E-state index contributed by atoms with van der Waals surface area (Å²) in [4.78, 5) is 13.5. The molecule has 1 rings (SSSR count). The number of aromatic nitrogens is 2. The molecule has 0 saturated heterocycles. The van der Waals surface area contributed by atoms with Crippen LogP contribution in [0.2, 0.25) is 0 Å². The van der Waals surface area contributed by atoms with Crippen LogP contribution in [-0.2, 0) is 6.54 Å². The molecular formula is C16H31N5. The van der Waals surface area contributed by atoms with Gasteiger partial charge in [-0.25, -0.2) is 9.97 Å². The van der Waals surface area contributed by atoms with Crippen LogP contribution >= 0.6 is 0 Å². The van der Waals surface area contributed by atoms with Crippen LogP contribution in [0.1, 0.15) is 33.3 Å². The van der Waals surface area contributed by atoms with E-state index >= 15 is 0 Å². The molecule has 0 atom stereocenters. The summed E-state index contributed by atoms with van der Waals surface area (Å²) in [6, 6.07) is 0.474. The molecule has 0 bridgehead atoms. The van der Waals surface area contributed by atoms with Gasteiger partial charge < -0.3 is 15.1 Å². The maximum absolute atomic E-state index is 4.54. The summed E-state index contributed by atoms with van der Waals surface area (Å²) in [7, 11) is 4.18. The van der Waals surface area contributed by atoms with Crippen molar-refractivity contribution in [2.45, 2.75) is 40.3 Å². The zero-order valence-corrected chi connectivity index (χ0v) is 14.4. The Morgan fingerprint density at radius 2 is 1.67 bits per heavy atom. The summed E-state index contributed by atoms with van der Waals surface area (Å²) < 4.78 is 0. The monoisotopic (exact) mass is 293 g/mol. The molecule has 5 nitrogen and oxygen atoms in total. The van der Waals surface area contributed by atoms with Crippen molar-refractivity contribution in [3.05, 3.63) is 18.0 Å². The van der Waals surface area contributed by atoms with E-state index in [-0.39, 0.29) is 0 Å². The molecule has 0 aliphatic rings. The summed E-state index contributed by atoms with van der Waals surface area (Å²) >= 11 is 0. The molecule has 1 aromatic heterocycles. The molecular weight excluding hydrogens is 262 g/mol. The second kappa shape index (κ2) is 8.95. The number of likely N-dealkylation sites (N-methyl/N-ethyl adjacent to an activating group) is 1. The molecule has 1 aromatic rings. The quantitative estimate of drug-likeness (QED) is 0.754. The van der Waals surface area contributed by atoms with Crippen LogP contribution in [-0.4, -0.2) is 54.6 Å². The second-order valence-corrected chi connectivity index (χ2v) is 6.57. The maximum atomic E-state index is 4.54. The molecule has 1 heterocycles. The third kappa shape index (κ3) is 7.39. The van der Waals surface area contributed by atoms with Crippen molar-refractivity contribution in [1.29, 1.82) is 0 Å². The van der Waals surface area contributed by atoms with E-state index in [4.69, 9.17) is 0 Å². The lowest BCUT2D eigenvalue weighted by atomic mass is 10.2. The van der Waals surface area contributed by atoms with Crippen LogP contribution < -0.4 is 10.2 Å². The lowest BCUT2D eigenvalue weighted by molar-refractivity contribution is 0.407. The van der Waals surface area contributed by atoms with E-state index < -0.39 is 0 Å². The van der Waals surface area contributed by atoms with Crippen molar-refractivity contribution in [3.63, 3.8) is 0 Å². The fourth-order valence-electron chi connectivity index (χ4n) is 1.96. The van der Waals surface area contributed by atoms with Crippen LogP contribution in [0.25, 0.3) is 0 Å². The lowest BCUT2D eigenvalue weighted by Crippen LogP contribution is -2.35. The molecule has 0 fully saturated rings. The minimum Gasteiger partial charge on any atom is -0.339 e. The Bertz CT molecular complexity index is 386. The Balaban J connectivity index is 2.68. The van der Waals surface area contributed by atoms with Gasteiger partial charge in [-0.15, -0.1) is 0 Å². The zero-order chi connectivity index (χ0) is 15.8. The van der Waals surface area contributed by atoms with Gasteiger partial charge in [0, 0.05) is 50.2 Å². The van der Waals surface area contributed by atoms with Crippen molar-refractivity contribution in [2.75, 3.05) is 38.6 Å². The Morgan fingerprint density at radius 1 is 1.05 bits per heavy atom. The van der Waals surface area contributed by atoms with Crippen LogP contribution in [0.5, 0.6) is 0 Å². The molecule has 21 heavy (non-hydrogen) atoms.